The number of hydrogen-bond acceptors (Lipinski definition) is 3. The first-order valence-corrected chi connectivity index (χ1v) is 7.74. The summed E-state index contributed by atoms with van der Waals surface area (Å²) in [6, 6.07) is 7.38. The normalized spacial score (nSPS) is 17.8. The lowest BCUT2D eigenvalue weighted by atomic mass is 10.1. The molecule has 0 saturated carbocycles. The zero-order chi connectivity index (χ0) is 13.7. The minimum absolute atomic E-state index is 0.151. The zero-order valence-electron chi connectivity index (χ0n) is 11.1. The van der Waals surface area contributed by atoms with Crippen LogP contribution in [0.5, 0.6) is 0 Å². The number of anilines is 1. The molecule has 104 valence electrons. The third kappa shape index (κ3) is 4.44. The van der Waals surface area contributed by atoms with Gasteiger partial charge in [-0.25, -0.2) is 4.79 Å². The molecule has 1 atom stereocenters. The van der Waals surface area contributed by atoms with E-state index in [2.05, 4.69) is 10.6 Å². The molecule has 1 heterocycles. The SMILES string of the molecule is CC(O)c1ccc(NC(=O)NC2CCSCC2)cc1. The average Bonchev–Trinajstić information content (AvgIpc) is 2.40. The lowest BCUT2D eigenvalue weighted by molar-refractivity contribution is 0.199. The number of carbonyl (C=O) groups excluding carboxylic acids is 1. The molecule has 3 N–H and O–H groups in total. The van der Waals surface area contributed by atoms with Crippen molar-refractivity contribution in [3.63, 3.8) is 0 Å². The number of urea groups is 1. The summed E-state index contributed by atoms with van der Waals surface area (Å²) in [5, 5.41) is 15.2. The quantitative estimate of drug-likeness (QED) is 0.798. The highest BCUT2D eigenvalue weighted by Gasteiger charge is 2.15. The van der Waals surface area contributed by atoms with Gasteiger partial charge in [0.05, 0.1) is 6.10 Å². The molecule has 0 aliphatic carbocycles. The van der Waals surface area contributed by atoms with Crippen LogP contribution in [0.1, 0.15) is 31.4 Å². The van der Waals surface area contributed by atoms with Gasteiger partial charge >= 0.3 is 6.03 Å². The maximum absolute atomic E-state index is 11.8. The fraction of sp³-hybridized carbons (Fsp3) is 0.500. The Kier molecular flexibility index (Phi) is 5.10. The lowest BCUT2D eigenvalue weighted by Crippen LogP contribution is -2.39. The van der Waals surface area contributed by atoms with Crippen LogP contribution in [0.25, 0.3) is 0 Å². The molecule has 4 nitrogen and oxygen atoms in total. The van der Waals surface area contributed by atoms with E-state index in [0.29, 0.717) is 0 Å². The van der Waals surface area contributed by atoms with E-state index < -0.39 is 6.10 Å². The molecule has 0 spiro atoms. The van der Waals surface area contributed by atoms with Crippen molar-refractivity contribution in [1.29, 1.82) is 0 Å². The highest BCUT2D eigenvalue weighted by molar-refractivity contribution is 7.99. The molecule has 1 aromatic carbocycles. The molecule has 0 aromatic heterocycles. The molecule has 1 fully saturated rings. The van der Waals surface area contributed by atoms with E-state index in [-0.39, 0.29) is 12.1 Å². The maximum Gasteiger partial charge on any atom is 0.319 e. The van der Waals surface area contributed by atoms with Gasteiger partial charge in [-0.3, -0.25) is 0 Å². The number of nitrogens with one attached hydrogen (secondary N) is 2. The number of rotatable bonds is 3. The van der Waals surface area contributed by atoms with Crippen LogP contribution in [-0.2, 0) is 0 Å². The summed E-state index contributed by atoms with van der Waals surface area (Å²) in [6.07, 6.45) is 1.60. The molecule has 1 aromatic rings. The minimum atomic E-state index is -0.484. The molecule has 2 amide bonds. The number of amides is 2. The van der Waals surface area contributed by atoms with Crippen LogP contribution in [0.3, 0.4) is 0 Å². The molecular formula is C14H20N2O2S. The van der Waals surface area contributed by atoms with Crippen molar-refractivity contribution in [2.75, 3.05) is 16.8 Å². The maximum atomic E-state index is 11.8. The number of hydrogen-bond donors (Lipinski definition) is 3. The summed E-state index contributed by atoms with van der Waals surface area (Å²) >= 11 is 1.94. The smallest absolute Gasteiger partial charge is 0.319 e. The first-order chi connectivity index (χ1) is 9.15. The van der Waals surface area contributed by atoms with Crippen LogP contribution in [0.2, 0.25) is 0 Å². The van der Waals surface area contributed by atoms with Crippen LogP contribution >= 0.6 is 11.8 Å². The standard InChI is InChI=1S/C14H20N2O2S/c1-10(17)11-2-4-12(5-3-11)15-14(18)16-13-6-8-19-9-7-13/h2-5,10,13,17H,6-9H2,1H3,(H2,15,16,18). The third-order valence-electron chi connectivity index (χ3n) is 3.21. The third-order valence-corrected chi connectivity index (χ3v) is 4.26. The molecule has 1 saturated heterocycles. The number of benzene rings is 1. The van der Waals surface area contributed by atoms with E-state index in [0.717, 1.165) is 35.6 Å². The van der Waals surface area contributed by atoms with Crippen molar-refractivity contribution in [2.45, 2.75) is 31.9 Å². The van der Waals surface area contributed by atoms with Crippen molar-refractivity contribution in [2.24, 2.45) is 0 Å². The Balaban J connectivity index is 1.84. The monoisotopic (exact) mass is 280 g/mol. The van der Waals surface area contributed by atoms with Crippen molar-refractivity contribution < 1.29 is 9.90 Å². The van der Waals surface area contributed by atoms with Crippen LogP contribution in [0, 0.1) is 0 Å². The van der Waals surface area contributed by atoms with E-state index in [1.807, 2.05) is 23.9 Å². The Bertz CT molecular complexity index is 414. The lowest BCUT2D eigenvalue weighted by Gasteiger charge is -2.22. The molecule has 0 radical (unpaired) electrons. The summed E-state index contributed by atoms with van der Waals surface area (Å²) in [4.78, 5) is 11.8. The van der Waals surface area contributed by atoms with E-state index in [9.17, 15) is 9.90 Å². The Morgan fingerprint density at radius 3 is 2.53 bits per heavy atom. The molecule has 1 aliphatic rings. The summed E-state index contributed by atoms with van der Waals surface area (Å²) in [7, 11) is 0. The number of aliphatic hydroxyl groups is 1. The summed E-state index contributed by atoms with van der Waals surface area (Å²) < 4.78 is 0. The van der Waals surface area contributed by atoms with Crippen molar-refractivity contribution in [3.05, 3.63) is 29.8 Å². The highest BCUT2D eigenvalue weighted by Crippen LogP contribution is 2.18. The van der Waals surface area contributed by atoms with Crippen LogP contribution in [0.4, 0.5) is 10.5 Å². The second kappa shape index (κ2) is 6.82. The highest BCUT2D eigenvalue weighted by atomic mass is 32.2. The predicted octanol–water partition coefficient (Wildman–Crippen LogP) is 2.76. The first-order valence-electron chi connectivity index (χ1n) is 6.58. The van der Waals surface area contributed by atoms with Crippen molar-refractivity contribution in [3.8, 4) is 0 Å². The van der Waals surface area contributed by atoms with Crippen molar-refractivity contribution in [1.82, 2.24) is 5.32 Å². The minimum Gasteiger partial charge on any atom is -0.389 e. The van der Waals surface area contributed by atoms with Crippen LogP contribution < -0.4 is 10.6 Å². The average molecular weight is 280 g/mol. The Hall–Kier alpha value is -1.20. The second-order valence-electron chi connectivity index (χ2n) is 4.78. The van der Waals surface area contributed by atoms with Gasteiger partial charge in [0.2, 0.25) is 0 Å². The molecular weight excluding hydrogens is 260 g/mol. The second-order valence-corrected chi connectivity index (χ2v) is 6.01. The largest absolute Gasteiger partial charge is 0.389 e. The molecule has 19 heavy (non-hydrogen) atoms. The predicted molar refractivity (Wildman–Crippen MR) is 79.6 cm³/mol. The van der Waals surface area contributed by atoms with Gasteiger partial charge in [-0.2, -0.15) is 11.8 Å². The molecule has 5 heteroatoms. The van der Waals surface area contributed by atoms with Gasteiger partial charge in [0.1, 0.15) is 0 Å². The van der Waals surface area contributed by atoms with Gasteiger partial charge in [0.15, 0.2) is 0 Å². The number of carbonyl (C=O) groups is 1. The molecule has 1 unspecified atom stereocenters. The number of thioether (sulfide) groups is 1. The zero-order valence-corrected chi connectivity index (χ0v) is 11.9. The fourth-order valence-corrected chi connectivity index (χ4v) is 3.15. The van der Waals surface area contributed by atoms with E-state index in [1.54, 1.807) is 19.1 Å². The topological polar surface area (TPSA) is 61.4 Å². The van der Waals surface area contributed by atoms with E-state index >= 15 is 0 Å². The Morgan fingerprint density at radius 1 is 1.32 bits per heavy atom. The molecule has 1 aliphatic heterocycles. The number of aliphatic hydroxyl groups excluding tert-OH is 1. The first kappa shape index (κ1) is 14.2. The summed E-state index contributed by atoms with van der Waals surface area (Å²) in [5.41, 5.74) is 1.59. The van der Waals surface area contributed by atoms with Gasteiger partial charge in [0.25, 0.3) is 0 Å². The Morgan fingerprint density at radius 2 is 1.95 bits per heavy atom. The summed E-state index contributed by atoms with van der Waals surface area (Å²) in [5.74, 6) is 2.24. The van der Waals surface area contributed by atoms with E-state index in [4.69, 9.17) is 0 Å². The summed E-state index contributed by atoms with van der Waals surface area (Å²) in [6.45, 7) is 1.72. The molecule has 0 bridgehead atoms. The van der Waals surface area contributed by atoms with Crippen molar-refractivity contribution >= 4 is 23.5 Å². The van der Waals surface area contributed by atoms with E-state index in [1.165, 1.54) is 0 Å². The van der Waals surface area contributed by atoms with Gasteiger partial charge in [-0.1, -0.05) is 12.1 Å². The molecule has 2 rings (SSSR count). The fourth-order valence-electron chi connectivity index (χ4n) is 2.04. The van der Waals surface area contributed by atoms with Crippen LogP contribution in [0.15, 0.2) is 24.3 Å². The van der Waals surface area contributed by atoms with Gasteiger partial charge < -0.3 is 15.7 Å². The van der Waals surface area contributed by atoms with Gasteiger partial charge in [-0.05, 0) is 49.0 Å². The van der Waals surface area contributed by atoms with Gasteiger partial charge in [0, 0.05) is 11.7 Å². The Labute approximate surface area is 118 Å². The van der Waals surface area contributed by atoms with Gasteiger partial charge in [-0.15, -0.1) is 0 Å². The van der Waals surface area contributed by atoms with Crippen LogP contribution in [-0.4, -0.2) is 28.7 Å².